The molecule has 0 aliphatic rings. The van der Waals surface area contributed by atoms with Crippen molar-refractivity contribution in [3.63, 3.8) is 0 Å². The molecular weight excluding hydrogens is 230 g/mol. The van der Waals surface area contributed by atoms with Crippen molar-refractivity contribution in [2.45, 2.75) is 38.6 Å². The van der Waals surface area contributed by atoms with Crippen LogP contribution in [0.5, 0.6) is 0 Å². The zero-order valence-electron chi connectivity index (χ0n) is 10.6. The van der Waals surface area contributed by atoms with Crippen LogP contribution in [0.15, 0.2) is 36.9 Å². The number of hydrogen-bond acceptors (Lipinski definition) is 1. The molecule has 0 spiro atoms. The van der Waals surface area contributed by atoms with Crippen LogP contribution >= 0.6 is 11.6 Å². The monoisotopic (exact) mass is 251 g/mol. The van der Waals surface area contributed by atoms with E-state index in [0.717, 1.165) is 18.0 Å². The van der Waals surface area contributed by atoms with Crippen molar-refractivity contribution in [2.75, 3.05) is 6.54 Å². The Hall–Kier alpha value is -0.790. The summed E-state index contributed by atoms with van der Waals surface area (Å²) >= 11 is 5.86. The van der Waals surface area contributed by atoms with Crippen molar-refractivity contribution in [1.29, 1.82) is 0 Å². The van der Waals surface area contributed by atoms with Gasteiger partial charge in [0.1, 0.15) is 0 Å². The summed E-state index contributed by atoms with van der Waals surface area (Å²) in [4.78, 5) is 0. The zero-order valence-corrected chi connectivity index (χ0v) is 11.3. The highest BCUT2D eigenvalue weighted by molar-refractivity contribution is 6.30. The lowest BCUT2D eigenvalue weighted by Crippen LogP contribution is -2.19. The summed E-state index contributed by atoms with van der Waals surface area (Å²) in [7, 11) is 0. The van der Waals surface area contributed by atoms with E-state index in [1.54, 1.807) is 0 Å². The van der Waals surface area contributed by atoms with Gasteiger partial charge in [0.05, 0.1) is 0 Å². The van der Waals surface area contributed by atoms with Crippen molar-refractivity contribution in [3.8, 4) is 0 Å². The molecule has 1 rings (SSSR count). The molecule has 1 N–H and O–H groups in total. The largest absolute Gasteiger partial charge is 0.310 e. The van der Waals surface area contributed by atoms with Gasteiger partial charge in [-0.15, -0.1) is 6.58 Å². The molecular formula is C15H22ClN. The summed E-state index contributed by atoms with van der Waals surface area (Å²) < 4.78 is 0. The van der Waals surface area contributed by atoms with Crippen LogP contribution in [-0.4, -0.2) is 6.54 Å². The fraction of sp³-hybridized carbons (Fsp3) is 0.467. The number of halogens is 1. The first-order chi connectivity index (χ1) is 8.24. The molecule has 0 fully saturated rings. The van der Waals surface area contributed by atoms with E-state index in [1.165, 1.54) is 24.8 Å². The van der Waals surface area contributed by atoms with Gasteiger partial charge in [-0.2, -0.15) is 0 Å². The van der Waals surface area contributed by atoms with Gasteiger partial charge in [0.25, 0.3) is 0 Å². The van der Waals surface area contributed by atoms with Gasteiger partial charge in [-0.05, 0) is 50.4 Å². The van der Waals surface area contributed by atoms with Crippen LogP contribution in [-0.2, 0) is 0 Å². The maximum Gasteiger partial charge on any atom is 0.0406 e. The Balaban J connectivity index is 2.18. The zero-order chi connectivity index (χ0) is 12.5. The standard InChI is InChI=1S/C15H22ClN/c1-3-4-5-6-7-12-17-13(2)14-8-10-15(16)11-9-14/h3,8-11,13,17H,1,4-7,12H2,2H3/t13-/m1/s1. The lowest BCUT2D eigenvalue weighted by molar-refractivity contribution is 0.539. The Morgan fingerprint density at radius 3 is 2.59 bits per heavy atom. The van der Waals surface area contributed by atoms with Crippen LogP contribution in [0.3, 0.4) is 0 Å². The maximum atomic E-state index is 5.86. The van der Waals surface area contributed by atoms with Crippen molar-refractivity contribution in [2.24, 2.45) is 0 Å². The number of nitrogens with one attached hydrogen (secondary N) is 1. The van der Waals surface area contributed by atoms with Gasteiger partial charge in [-0.3, -0.25) is 0 Å². The molecule has 1 aromatic rings. The molecule has 2 heteroatoms. The minimum absolute atomic E-state index is 0.395. The maximum absolute atomic E-state index is 5.86. The van der Waals surface area contributed by atoms with Crippen LogP contribution in [0.1, 0.15) is 44.2 Å². The van der Waals surface area contributed by atoms with Crippen LogP contribution < -0.4 is 5.32 Å². The lowest BCUT2D eigenvalue weighted by Gasteiger charge is -2.14. The van der Waals surface area contributed by atoms with Gasteiger partial charge in [0.2, 0.25) is 0 Å². The van der Waals surface area contributed by atoms with Gasteiger partial charge in [-0.25, -0.2) is 0 Å². The van der Waals surface area contributed by atoms with Gasteiger partial charge >= 0.3 is 0 Å². The van der Waals surface area contributed by atoms with Gasteiger partial charge in [0, 0.05) is 11.1 Å². The summed E-state index contributed by atoms with van der Waals surface area (Å²) in [5, 5.41) is 4.32. The molecule has 0 unspecified atom stereocenters. The van der Waals surface area contributed by atoms with Crippen LogP contribution in [0.25, 0.3) is 0 Å². The fourth-order valence-electron chi connectivity index (χ4n) is 1.78. The fourth-order valence-corrected chi connectivity index (χ4v) is 1.90. The van der Waals surface area contributed by atoms with Gasteiger partial charge in [0.15, 0.2) is 0 Å². The predicted molar refractivity (Wildman–Crippen MR) is 76.5 cm³/mol. The second kappa shape index (κ2) is 8.32. The molecule has 0 bridgehead atoms. The van der Waals surface area contributed by atoms with E-state index in [9.17, 15) is 0 Å². The molecule has 0 aromatic heterocycles. The molecule has 0 aliphatic carbocycles. The van der Waals surface area contributed by atoms with Crippen molar-refractivity contribution in [3.05, 3.63) is 47.5 Å². The molecule has 0 heterocycles. The number of allylic oxidation sites excluding steroid dienone is 1. The Bertz CT molecular complexity index is 318. The Morgan fingerprint density at radius 1 is 1.24 bits per heavy atom. The van der Waals surface area contributed by atoms with Crippen molar-refractivity contribution >= 4 is 11.6 Å². The van der Waals surface area contributed by atoms with E-state index < -0.39 is 0 Å². The molecule has 17 heavy (non-hydrogen) atoms. The summed E-state index contributed by atoms with van der Waals surface area (Å²) in [5.41, 5.74) is 1.29. The van der Waals surface area contributed by atoms with Crippen molar-refractivity contribution < 1.29 is 0 Å². The molecule has 1 atom stereocenters. The Morgan fingerprint density at radius 2 is 1.94 bits per heavy atom. The molecule has 1 aromatic carbocycles. The summed E-state index contributed by atoms with van der Waals surface area (Å²) in [6.07, 6.45) is 6.87. The number of hydrogen-bond donors (Lipinski definition) is 1. The number of rotatable bonds is 8. The highest BCUT2D eigenvalue weighted by atomic mass is 35.5. The van der Waals surface area contributed by atoms with E-state index in [1.807, 2.05) is 18.2 Å². The average Bonchev–Trinajstić information content (AvgIpc) is 2.34. The molecule has 0 aliphatic heterocycles. The average molecular weight is 252 g/mol. The SMILES string of the molecule is C=CCCCCCN[C@H](C)c1ccc(Cl)cc1. The lowest BCUT2D eigenvalue weighted by atomic mass is 10.1. The van der Waals surface area contributed by atoms with E-state index in [0.29, 0.717) is 6.04 Å². The summed E-state index contributed by atoms with van der Waals surface area (Å²) in [5.74, 6) is 0. The van der Waals surface area contributed by atoms with Crippen LogP contribution in [0.4, 0.5) is 0 Å². The van der Waals surface area contributed by atoms with Gasteiger partial charge in [-0.1, -0.05) is 36.2 Å². The third-order valence-corrected chi connectivity index (χ3v) is 3.16. The Labute approximate surface area is 110 Å². The number of unbranched alkanes of at least 4 members (excludes halogenated alkanes) is 3. The predicted octanol–water partition coefficient (Wildman–Crippen LogP) is 4.74. The second-order valence-corrected chi connectivity index (χ2v) is 4.80. The minimum Gasteiger partial charge on any atom is -0.310 e. The molecule has 0 saturated carbocycles. The van der Waals surface area contributed by atoms with Gasteiger partial charge < -0.3 is 5.32 Å². The number of benzene rings is 1. The third-order valence-electron chi connectivity index (χ3n) is 2.91. The quantitative estimate of drug-likeness (QED) is 0.520. The topological polar surface area (TPSA) is 12.0 Å². The smallest absolute Gasteiger partial charge is 0.0406 e. The molecule has 0 saturated heterocycles. The molecule has 0 amide bonds. The van der Waals surface area contributed by atoms with Crippen LogP contribution in [0.2, 0.25) is 5.02 Å². The first kappa shape index (κ1) is 14.3. The van der Waals surface area contributed by atoms with Crippen LogP contribution in [0, 0.1) is 0 Å². The van der Waals surface area contributed by atoms with E-state index in [4.69, 9.17) is 11.6 Å². The highest BCUT2D eigenvalue weighted by Gasteiger charge is 2.03. The molecule has 94 valence electrons. The molecule has 0 radical (unpaired) electrons. The highest BCUT2D eigenvalue weighted by Crippen LogP contribution is 2.15. The second-order valence-electron chi connectivity index (χ2n) is 4.37. The first-order valence-electron chi connectivity index (χ1n) is 6.34. The van der Waals surface area contributed by atoms with Crippen molar-refractivity contribution in [1.82, 2.24) is 5.32 Å². The summed E-state index contributed by atoms with van der Waals surface area (Å²) in [6.45, 7) is 6.98. The van der Waals surface area contributed by atoms with E-state index in [-0.39, 0.29) is 0 Å². The normalized spacial score (nSPS) is 12.4. The van der Waals surface area contributed by atoms with E-state index in [2.05, 4.69) is 31.0 Å². The van der Waals surface area contributed by atoms with E-state index >= 15 is 0 Å². The Kier molecular flexibility index (Phi) is 6.99. The molecule has 1 nitrogen and oxygen atoms in total. The minimum atomic E-state index is 0.395. The third kappa shape index (κ3) is 5.90. The first-order valence-corrected chi connectivity index (χ1v) is 6.71. The summed E-state index contributed by atoms with van der Waals surface area (Å²) in [6, 6.07) is 8.44.